The van der Waals surface area contributed by atoms with Gasteiger partial charge in [0, 0.05) is 32.2 Å². The van der Waals surface area contributed by atoms with E-state index < -0.39 is 0 Å². The van der Waals surface area contributed by atoms with Crippen LogP contribution in [0.5, 0.6) is 0 Å². The normalized spacial score (nSPS) is 14.4. The van der Waals surface area contributed by atoms with Gasteiger partial charge in [-0.3, -0.25) is 0 Å². The first kappa shape index (κ1) is 29.1. The lowest BCUT2D eigenvalue weighted by Crippen LogP contribution is -2.14. The molecule has 1 aromatic heterocycles. The van der Waals surface area contributed by atoms with Crippen molar-refractivity contribution in [1.82, 2.24) is 0 Å². The molecular weight excluding hydrogens is 547 g/mol. The molecule has 0 fully saturated rings. The Morgan fingerprint density at radius 1 is 0.767 bits per heavy atom. The Balaban J connectivity index is 1.31. The number of para-hydroxylation sites is 2. The topological polar surface area (TPSA) is 40.6 Å². The molecule has 5 rings (SSSR count). The molecule has 5 heteroatoms. The molecule has 0 unspecified atom stereocenters. The number of anilines is 3. The minimum absolute atomic E-state index is 0.0559. The molecule has 0 aliphatic carbocycles. The van der Waals surface area contributed by atoms with Crippen molar-refractivity contribution >= 4 is 46.6 Å². The van der Waals surface area contributed by atoms with E-state index in [0.29, 0.717) is 11.3 Å². The lowest BCUT2D eigenvalue weighted by molar-refractivity contribution is 0.223. The second-order valence-corrected chi connectivity index (χ2v) is 12.1. The van der Waals surface area contributed by atoms with Crippen LogP contribution < -0.4 is 4.90 Å². The number of thiophene rings is 1. The van der Waals surface area contributed by atoms with Crippen LogP contribution in [0.2, 0.25) is 0 Å². The molecule has 0 atom stereocenters. The predicted molar refractivity (Wildman–Crippen MR) is 179 cm³/mol. The molecule has 0 saturated carbocycles. The van der Waals surface area contributed by atoms with Crippen molar-refractivity contribution in [2.24, 2.45) is 5.41 Å². The zero-order chi connectivity index (χ0) is 30.2. The molecule has 3 aromatic carbocycles. The van der Waals surface area contributed by atoms with Crippen LogP contribution >= 0.6 is 11.3 Å². The summed E-state index contributed by atoms with van der Waals surface area (Å²) in [7, 11) is 0. The Hall–Kier alpha value is -5.36. The number of hydrogen-bond donors (Lipinski definition) is 0. The van der Waals surface area contributed by atoms with E-state index in [1.807, 2.05) is 51.1 Å². The van der Waals surface area contributed by atoms with Gasteiger partial charge >= 0.3 is 0 Å². The van der Waals surface area contributed by atoms with Crippen molar-refractivity contribution in [3.63, 3.8) is 0 Å². The highest BCUT2D eigenvalue weighted by molar-refractivity contribution is 7.13. The standard InChI is InChI=1S/C38H31N3OS/c1-38(2,3)37-26-29(36(27-39)40-4)25-33(42-37)20-22-35-24-23-34(43-35)21-17-28-15-18-32(19-16-28)41(30-11-7-5-8-12-30)31-13-9-6-10-14-31/h5-26H,1-3H3. The van der Waals surface area contributed by atoms with Gasteiger partial charge in [-0.25, -0.2) is 10.1 Å². The molecule has 210 valence electrons. The molecule has 1 aliphatic rings. The number of ether oxygens (including phenoxy) is 1. The first-order valence-electron chi connectivity index (χ1n) is 13.9. The maximum atomic E-state index is 9.38. The van der Waals surface area contributed by atoms with Crippen LogP contribution in [0, 0.1) is 23.3 Å². The van der Waals surface area contributed by atoms with Gasteiger partial charge in [0.2, 0.25) is 0 Å². The Morgan fingerprint density at radius 2 is 1.33 bits per heavy atom. The molecule has 0 spiro atoms. The third-order valence-electron chi connectivity index (χ3n) is 6.72. The summed E-state index contributed by atoms with van der Waals surface area (Å²) in [6.07, 6.45) is 11.7. The van der Waals surface area contributed by atoms with Crippen LogP contribution in [0.4, 0.5) is 17.1 Å². The van der Waals surface area contributed by atoms with E-state index in [4.69, 9.17) is 11.3 Å². The first-order chi connectivity index (χ1) is 20.8. The van der Waals surface area contributed by atoms with Crippen molar-refractivity contribution in [3.8, 4) is 6.07 Å². The van der Waals surface area contributed by atoms with Crippen LogP contribution in [0.3, 0.4) is 0 Å². The fourth-order valence-corrected chi connectivity index (χ4v) is 5.31. The highest BCUT2D eigenvalue weighted by Crippen LogP contribution is 2.36. The average Bonchev–Trinajstić information content (AvgIpc) is 3.49. The van der Waals surface area contributed by atoms with Crippen LogP contribution in [0.15, 0.2) is 138 Å². The van der Waals surface area contributed by atoms with Crippen LogP contribution in [0.1, 0.15) is 36.1 Å². The number of rotatable bonds is 7. The lowest BCUT2D eigenvalue weighted by atomic mass is 9.91. The fourth-order valence-electron chi connectivity index (χ4n) is 4.49. The monoisotopic (exact) mass is 577 g/mol. The number of nitrogens with zero attached hydrogens (tertiary/aromatic N) is 3. The Labute approximate surface area is 257 Å². The predicted octanol–water partition coefficient (Wildman–Crippen LogP) is 10.9. The molecule has 1 aliphatic heterocycles. The minimum atomic E-state index is -0.262. The van der Waals surface area contributed by atoms with E-state index in [9.17, 15) is 5.26 Å². The molecule has 43 heavy (non-hydrogen) atoms. The molecule has 0 radical (unpaired) electrons. The number of allylic oxidation sites excluding steroid dienone is 6. The van der Waals surface area contributed by atoms with E-state index in [1.165, 1.54) is 0 Å². The van der Waals surface area contributed by atoms with E-state index in [1.54, 1.807) is 23.5 Å². The fraction of sp³-hybridized carbons (Fsp3) is 0.105. The molecular formula is C38H31N3OS. The van der Waals surface area contributed by atoms with Crippen molar-refractivity contribution < 1.29 is 4.74 Å². The average molecular weight is 578 g/mol. The zero-order valence-electron chi connectivity index (χ0n) is 24.4. The summed E-state index contributed by atoms with van der Waals surface area (Å²) in [4.78, 5) is 7.84. The summed E-state index contributed by atoms with van der Waals surface area (Å²) < 4.78 is 6.11. The highest BCUT2D eigenvalue weighted by Gasteiger charge is 2.24. The Morgan fingerprint density at radius 3 is 1.86 bits per heavy atom. The maximum Gasteiger partial charge on any atom is 0.269 e. The van der Waals surface area contributed by atoms with E-state index in [-0.39, 0.29) is 11.1 Å². The highest BCUT2D eigenvalue weighted by atomic mass is 32.1. The molecule has 0 bridgehead atoms. The van der Waals surface area contributed by atoms with Gasteiger partial charge in [-0.1, -0.05) is 75.4 Å². The summed E-state index contributed by atoms with van der Waals surface area (Å²) in [6, 6.07) is 35.5. The van der Waals surface area contributed by atoms with Crippen molar-refractivity contribution in [1.29, 1.82) is 5.26 Å². The summed E-state index contributed by atoms with van der Waals surface area (Å²) in [6.45, 7) is 13.5. The van der Waals surface area contributed by atoms with E-state index >= 15 is 0 Å². The summed E-state index contributed by atoms with van der Waals surface area (Å²) in [5.41, 5.74) is 4.80. The van der Waals surface area contributed by atoms with Gasteiger partial charge in [0.1, 0.15) is 11.5 Å². The second kappa shape index (κ2) is 13.1. The lowest BCUT2D eigenvalue weighted by Gasteiger charge is -2.26. The van der Waals surface area contributed by atoms with Gasteiger partial charge in [0.25, 0.3) is 5.70 Å². The molecule has 0 N–H and O–H groups in total. The first-order valence-corrected chi connectivity index (χ1v) is 14.8. The molecule has 4 nitrogen and oxygen atoms in total. The molecule has 0 saturated heterocycles. The number of benzene rings is 3. The Bertz CT molecular complexity index is 1760. The SMILES string of the molecule is [C-]#[N+]C(C#N)=C1C=C(C=Cc2ccc(C=Cc3ccc(N(c4ccccc4)c4ccccc4)cc3)s2)OC(C(C)(C)C)=C1. The van der Waals surface area contributed by atoms with Crippen molar-refractivity contribution in [2.45, 2.75) is 20.8 Å². The molecule has 2 heterocycles. The Kier molecular flexibility index (Phi) is 8.87. The van der Waals surface area contributed by atoms with E-state index in [2.05, 4.69) is 107 Å². The summed E-state index contributed by atoms with van der Waals surface area (Å²) in [5.74, 6) is 1.32. The quantitative estimate of drug-likeness (QED) is 0.162. The minimum Gasteiger partial charge on any atom is -0.461 e. The summed E-state index contributed by atoms with van der Waals surface area (Å²) in [5, 5.41) is 9.38. The number of hydrogen-bond acceptors (Lipinski definition) is 4. The largest absolute Gasteiger partial charge is 0.461 e. The van der Waals surface area contributed by atoms with Gasteiger partial charge in [-0.2, -0.15) is 0 Å². The molecule has 4 aromatic rings. The van der Waals surface area contributed by atoms with Gasteiger partial charge < -0.3 is 9.64 Å². The van der Waals surface area contributed by atoms with Crippen molar-refractivity contribution in [3.05, 3.63) is 165 Å². The van der Waals surface area contributed by atoms with Crippen molar-refractivity contribution in [2.75, 3.05) is 4.90 Å². The van der Waals surface area contributed by atoms with Gasteiger partial charge in [-0.05, 0) is 90.0 Å². The third-order valence-corrected chi connectivity index (χ3v) is 7.74. The smallest absolute Gasteiger partial charge is 0.269 e. The maximum absolute atomic E-state index is 9.38. The van der Waals surface area contributed by atoms with Gasteiger partial charge in [-0.15, -0.1) is 11.3 Å². The van der Waals surface area contributed by atoms with E-state index in [0.717, 1.165) is 38.1 Å². The zero-order valence-corrected chi connectivity index (χ0v) is 25.2. The third kappa shape index (κ3) is 7.29. The van der Waals surface area contributed by atoms with Crippen LogP contribution in [-0.2, 0) is 4.74 Å². The van der Waals surface area contributed by atoms with Gasteiger partial charge in [0.05, 0.1) is 12.6 Å². The van der Waals surface area contributed by atoms with Crippen LogP contribution in [0.25, 0.3) is 23.1 Å². The van der Waals surface area contributed by atoms with Crippen LogP contribution in [-0.4, -0.2) is 0 Å². The second-order valence-electron chi connectivity index (χ2n) is 10.9. The summed E-state index contributed by atoms with van der Waals surface area (Å²) >= 11 is 1.67. The molecule has 0 amide bonds. The van der Waals surface area contributed by atoms with Gasteiger partial charge in [0.15, 0.2) is 0 Å². The number of nitriles is 1.